The van der Waals surface area contributed by atoms with Gasteiger partial charge < -0.3 is 20.4 Å². The first-order valence-electron chi connectivity index (χ1n) is 7.03. The number of rotatable bonds is 0. The van der Waals surface area contributed by atoms with E-state index in [0.29, 0.717) is 12.8 Å². The van der Waals surface area contributed by atoms with Crippen LogP contribution in [0.2, 0.25) is 0 Å². The van der Waals surface area contributed by atoms with E-state index >= 15 is 0 Å². The fraction of sp³-hybridized carbons (Fsp3) is 0.800. The molecule has 1 fully saturated rings. The van der Waals surface area contributed by atoms with E-state index in [0.717, 1.165) is 0 Å². The predicted molar refractivity (Wildman–Crippen MR) is 70.7 cm³/mol. The van der Waals surface area contributed by atoms with Crippen LogP contribution < -0.4 is 0 Å². The predicted octanol–water partition coefficient (Wildman–Crippen LogP) is -0.0905. The molecule has 3 aliphatic rings. The molecule has 20 heavy (non-hydrogen) atoms. The van der Waals surface area contributed by atoms with Crippen molar-refractivity contribution in [3.8, 4) is 0 Å². The Morgan fingerprint density at radius 2 is 1.45 bits per heavy atom. The summed E-state index contributed by atoms with van der Waals surface area (Å²) >= 11 is 0. The molecule has 4 N–H and O–H groups in total. The highest BCUT2D eigenvalue weighted by molar-refractivity contribution is 6.06. The second-order valence-electron chi connectivity index (χ2n) is 7.51. The van der Waals surface area contributed by atoms with Gasteiger partial charge in [-0.25, -0.2) is 0 Å². The fourth-order valence-electron chi connectivity index (χ4n) is 4.27. The third kappa shape index (κ3) is 1.18. The molecule has 0 amide bonds. The van der Waals surface area contributed by atoms with Crippen LogP contribution in [0.4, 0.5) is 0 Å². The van der Waals surface area contributed by atoms with Crippen molar-refractivity contribution < 1.29 is 25.2 Å². The van der Waals surface area contributed by atoms with Gasteiger partial charge in [0.25, 0.3) is 0 Å². The van der Waals surface area contributed by atoms with Gasteiger partial charge in [0.2, 0.25) is 0 Å². The summed E-state index contributed by atoms with van der Waals surface area (Å²) in [5.41, 5.74) is -4.92. The molecule has 0 aromatic carbocycles. The molecule has 5 heteroatoms. The topological polar surface area (TPSA) is 98.0 Å². The smallest absolute Gasteiger partial charge is 0.193 e. The maximum Gasteiger partial charge on any atom is 0.193 e. The van der Waals surface area contributed by atoms with Crippen LogP contribution in [0.1, 0.15) is 40.5 Å². The zero-order valence-corrected chi connectivity index (χ0v) is 12.3. The van der Waals surface area contributed by atoms with E-state index in [1.165, 1.54) is 13.8 Å². The van der Waals surface area contributed by atoms with Crippen molar-refractivity contribution in [3.05, 3.63) is 11.1 Å². The molecule has 0 heterocycles. The second-order valence-corrected chi connectivity index (χ2v) is 7.51. The maximum atomic E-state index is 12.6. The lowest BCUT2D eigenvalue weighted by molar-refractivity contribution is -0.160. The molecular weight excluding hydrogens is 260 g/mol. The van der Waals surface area contributed by atoms with Crippen LogP contribution in [0, 0.1) is 10.8 Å². The first kappa shape index (κ1) is 14.2. The molecule has 0 aromatic heterocycles. The van der Waals surface area contributed by atoms with Crippen LogP contribution in [0.3, 0.4) is 0 Å². The average molecular weight is 282 g/mol. The van der Waals surface area contributed by atoms with Crippen LogP contribution in [0.25, 0.3) is 0 Å². The number of hydrogen-bond acceptors (Lipinski definition) is 5. The maximum absolute atomic E-state index is 12.6. The van der Waals surface area contributed by atoms with E-state index in [1.807, 2.05) is 0 Å². The highest BCUT2D eigenvalue weighted by Crippen LogP contribution is 2.68. The molecule has 112 valence electrons. The van der Waals surface area contributed by atoms with Crippen molar-refractivity contribution in [1.82, 2.24) is 0 Å². The molecule has 5 nitrogen and oxygen atoms in total. The molecule has 0 unspecified atom stereocenters. The van der Waals surface area contributed by atoms with E-state index in [1.54, 1.807) is 13.8 Å². The second kappa shape index (κ2) is 3.35. The van der Waals surface area contributed by atoms with Crippen molar-refractivity contribution >= 4 is 5.78 Å². The van der Waals surface area contributed by atoms with Crippen LogP contribution in [-0.4, -0.2) is 49.6 Å². The molecule has 3 rings (SSSR count). The minimum absolute atomic E-state index is 0.00461. The van der Waals surface area contributed by atoms with Crippen molar-refractivity contribution in [2.24, 2.45) is 10.8 Å². The summed E-state index contributed by atoms with van der Waals surface area (Å²) in [6, 6.07) is 0. The average Bonchev–Trinajstić information content (AvgIpc) is 3.10. The van der Waals surface area contributed by atoms with Gasteiger partial charge in [0, 0.05) is 22.0 Å². The van der Waals surface area contributed by atoms with Gasteiger partial charge in [-0.05, 0) is 26.7 Å². The fourth-order valence-corrected chi connectivity index (χ4v) is 4.27. The zero-order valence-electron chi connectivity index (χ0n) is 12.3. The molecule has 0 aromatic rings. The normalized spacial score (nSPS) is 48.7. The molecule has 0 aliphatic heterocycles. The monoisotopic (exact) mass is 282 g/mol. The van der Waals surface area contributed by atoms with E-state index < -0.39 is 40.0 Å². The third-order valence-electron chi connectivity index (χ3n) is 6.07. The lowest BCUT2D eigenvalue weighted by atomic mass is 9.61. The molecule has 3 aliphatic carbocycles. The molecule has 0 bridgehead atoms. The van der Waals surface area contributed by atoms with E-state index in [9.17, 15) is 25.2 Å². The summed E-state index contributed by atoms with van der Waals surface area (Å²) in [5.74, 6) is -0.561. The first-order chi connectivity index (χ1) is 8.93. The Bertz CT molecular complexity index is 536. The Labute approximate surface area is 117 Å². The SMILES string of the molecule is CC1(C)[C@H](O)C2=C(C(=O)[C@](C)(O)C3(CC3)[C@@]2(C)O)[C@@H]1O. The van der Waals surface area contributed by atoms with Gasteiger partial charge in [0.1, 0.15) is 5.60 Å². The Morgan fingerprint density at radius 3 is 1.90 bits per heavy atom. The summed E-state index contributed by atoms with van der Waals surface area (Å²) in [7, 11) is 0. The summed E-state index contributed by atoms with van der Waals surface area (Å²) in [6.45, 7) is 6.25. The van der Waals surface area contributed by atoms with E-state index in [-0.39, 0.29) is 11.1 Å². The standard InChI is InChI=1S/C15H22O5/c1-12(2)9(16)7-8(11(12)18)13(3,19)15(5-6-15)14(4,20)10(7)17/h9,11,16,18-20H,5-6H2,1-4H3/t9-,11+,13-,14-/m0/s1. The number of Topliss-reactive ketones (excluding diaryl/α,β-unsaturated/α-hetero) is 1. The van der Waals surface area contributed by atoms with Crippen LogP contribution in [0.5, 0.6) is 0 Å². The largest absolute Gasteiger partial charge is 0.388 e. The van der Waals surface area contributed by atoms with Gasteiger partial charge in [-0.1, -0.05) is 13.8 Å². The Kier molecular flexibility index (Phi) is 2.38. The Hall–Kier alpha value is -0.750. The molecule has 4 atom stereocenters. The lowest BCUT2D eigenvalue weighted by Gasteiger charge is -2.48. The number of ketones is 1. The molecular formula is C15H22O5. The quantitative estimate of drug-likeness (QED) is 0.498. The first-order valence-corrected chi connectivity index (χ1v) is 7.03. The number of aliphatic hydroxyl groups is 4. The highest BCUT2D eigenvalue weighted by atomic mass is 16.3. The summed E-state index contributed by atoms with van der Waals surface area (Å²) < 4.78 is 0. The summed E-state index contributed by atoms with van der Waals surface area (Å²) in [5, 5.41) is 42.5. The number of hydrogen-bond donors (Lipinski definition) is 4. The van der Waals surface area contributed by atoms with Crippen LogP contribution in [0.15, 0.2) is 11.1 Å². The van der Waals surface area contributed by atoms with Crippen LogP contribution >= 0.6 is 0 Å². The third-order valence-corrected chi connectivity index (χ3v) is 6.07. The molecule has 1 spiro atoms. The van der Waals surface area contributed by atoms with E-state index in [4.69, 9.17) is 0 Å². The number of carbonyl (C=O) groups excluding carboxylic acids is 1. The van der Waals surface area contributed by atoms with Crippen molar-refractivity contribution in [2.45, 2.75) is 63.9 Å². The molecule has 0 radical (unpaired) electrons. The van der Waals surface area contributed by atoms with Crippen molar-refractivity contribution in [1.29, 1.82) is 0 Å². The van der Waals surface area contributed by atoms with Gasteiger partial charge in [-0.2, -0.15) is 0 Å². The minimum Gasteiger partial charge on any atom is -0.388 e. The van der Waals surface area contributed by atoms with Gasteiger partial charge in [0.05, 0.1) is 17.8 Å². The van der Waals surface area contributed by atoms with Crippen molar-refractivity contribution in [3.63, 3.8) is 0 Å². The molecule has 1 saturated carbocycles. The lowest BCUT2D eigenvalue weighted by Crippen LogP contribution is -2.61. The summed E-state index contributed by atoms with van der Waals surface area (Å²) in [4.78, 5) is 12.6. The Balaban J connectivity index is 2.28. The number of aliphatic hydroxyl groups excluding tert-OH is 2. The van der Waals surface area contributed by atoms with Gasteiger partial charge >= 0.3 is 0 Å². The zero-order chi connectivity index (χ0) is 15.3. The van der Waals surface area contributed by atoms with E-state index in [2.05, 4.69) is 0 Å². The minimum atomic E-state index is -1.71. The molecule has 0 saturated heterocycles. The van der Waals surface area contributed by atoms with Gasteiger partial charge in [0.15, 0.2) is 5.78 Å². The van der Waals surface area contributed by atoms with Gasteiger partial charge in [-0.3, -0.25) is 4.79 Å². The summed E-state index contributed by atoms with van der Waals surface area (Å²) in [6.07, 6.45) is -1.23. The Morgan fingerprint density at radius 1 is 0.950 bits per heavy atom. The van der Waals surface area contributed by atoms with Crippen molar-refractivity contribution in [2.75, 3.05) is 0 Å². The van der Waals surface area contributed by atoms with Gasteiger partial charge in [-0.15, -0.1) is 0 Å². The highest BCUT2D eigenvalue weighted by Gasteiger charge is 2.76. The van der Waals surface area contributed by atoms with Crippen LogP contribution in [-0.2, 0) is 4.79 Å². The number of carbonyl (C=O) groups is 1.